The summed E-state index contributed by atoms with van der Waals surface area (Å²) in [6.45, 7) is 0.396. The number of amides is 1. The minimum Gasteiger partial charge on any atom is -0.480 e. The van der Waals surface area contributed by atoms with Gasteiger partial charge in [0.1, 0.15) is 6.04 Å². The van der Waals surface area contributed by atoms with Crippen LogP contribution in [0.2, 0.25) is 0 Å². The predicted octanol–water partition coefficient (Wildman–Crippen LogP) is 0.626. The molecule has 1 aromatic carbocycles. The summed E-state index contributed by atoms with van der Waals surface area (Å²) in [7, 11) is -0.695. The van der Waals surface area contributed by atoms with Gasteiger partial charge in [0.2, 0.25) is 10.0 Å². The maximum absolute atomic E-state index is 12.4. The van der Waals surface area contributed by atoms with Gasteiger partial charge in [0.15, 0.2) is 0 Å². The van der Waals surface area contributed by atoms with E-state index in [9.17, 15) is 18.0 Å². The van der Waals surface area contributed by atoms with Gasteiger partial charge in [-0.2, -0.15) is 0 Å². The summed E-state index contributed by atoms with van der Waals surface area (Å²) in [5.74, 6) is -1.41. The van der Waals surface area contributed by atoms with Crippen LogP contribution in [-0.2, 0) is 14.8 Å². The van der Waals surface area contributed by atoms with Gasteiger partial charge in [0.25, 0.3) is 5.91 Å². The van der Waals surface area contributed by atoms with Crippen LogP contribution in [0.5, 0.6) is 0 Å². The van der Waals surface area contributed by atoms with Crippen molar-refractivity contribution in [2.45, 2.75) is 23.8 Å². The molecule has 0 bridgehead atoms. The van der Waals surface area contributed by atoms with Gasteiger partial charge >= 0.3 is 5.97 Å². The zero-order valence-electron chi connectivity index (χ0n) is 12.4. The molecule has 120 valence electrons. The van der Waals surface area contributed by atoms with Crippen molar-refractivity contribution >= 4 is 21.9 Å². The van der Waals surface area contributed by atoms with E-state index in [1.807, 2.05) is 0 Å². The zero-order valence-corrected chi connectivity index (χ0v) is 13.2. The van der Waals surface area contributed by atoms with E-state index in [2.05, 4.69) is 0 Å². The first kappa shape index (κ1) is 16.4. The number of likely N-dealkylation sites (tertiary alicyclic amines) is 1. The molecule has 7 nitrogen and oxygen atoms in total. The number of sulfonamides is 1. The molecule has 1 saturated heterocycles. The lowest BCUT2D eigenvalue weighted by molar-refractivity contribution is -0.141. The number of carboxylic acids is 1. The Morgan fingerprint density at radius 3 is 2.32 bits per heavy atom. The number of nitrogens with zero attached hydrogens (tertiary/aromatic N) is 2. The summed E-state index contributed by atoms with van der Waals surface area (Å²) in [4.78, 5) is 24.9. The van der Waals surface area contributed by atoms with Crippen LogP contribution in [0.3, 0.4) is 0 Å². The van der Waals surface area contributed by atoms with Gasteiger partial charge in [-0.3, -0.25) is 4.79 Å². The number of aliphatic carboxylic acids is 1. The predicted molar refractivity (Wildman–Crippen MR) is 79.0 cm³/mol. The highest BCUT2D eigenvalue weighted by Gasteiger charge is 2.34. The van der Waals surface area contributed by atoms with Crippen molar-refractivity contribution in [3.63, 3.8) is 0 Å². The Labute approximate surface area is 129 Å². The molecule has 1 heterocycles. The molecule has 0 aromatic heterocycles. The molecule has 22 heavy (non-hydrogen) atoms. The molecule has 0 saturated carbocycles. The lowest BCUT2D eigenvalue weighted by atomic mass is 10.1. The van der Waals surface area contributed by atoms with Crippen molar-refractivity contribution in [3.05, 3.63) is 29.8 Å². The standard InChI is InChI=1S/C14H18N2O5S/c1-15(2)22(20,21)11-7-5-10(6-8-11)13(17)16-9-3-4-12(16)14(18)19/h5-8,12H,3-4,9H2,1-2H3,(H,18,19). The second-order valence-corrected chi connectivity index (χ2v) is 7.46. The van der Waals surface area contributed by atoms with E-state index in [-0.39, 0.29) is 10.5 Å². The van der Waals surface area contributed by atoms with Gasteiger partial charge in [0.05, 0.1) is 4.90 Å². The average Bonchev–Trinajstić information content (AvgIpc) is 2.96. The summed E-state index contributed by atoms with van der Waals surface area (Å²) in [6.07, 6.45) is 1.09. The van der Waals surface area contributed by atoms with E-state index in [0.29, 0.717) is 19.4 Å². The van der Waals surface area contributed by atoms with Gasteiger partial charge in [-0.1, -0.05) is 0 Å². The minimum atomic E-state index is -3.55. The summed E-state index contributed by atoms with van der Waals surface area (Å²) in [5.41, 5.74) is 0.283. The molecule has 0 aliphatic carbocycles. The van der Waals surface area contributed by atoms with Gasteiger partial charge in [-0.05, 0) is 37.1 Å². The Balaban J connectivity index is 2.24. The molecule has 1 N–H and O–H groups in total. The number of benzene rings is 1. The van der Waals surface area contributed by atoms with E-state index < -0.39 is 27.9 Å². The van der Waals surface area contributed by atoms with Crippen molar-refractivity contribution < 1.29 is 23.1 Å². The van der Waals surface area contributed by atoms with Gasteiger partial charge in [-0.25, -0.2) is 17.5 Å². The Morgan fingerprint density at radius 2 is 1.82 bits per heavy atom. The van der Waals surface area contributed by atoms with Crippen LogP contribution in [-0.4, -0.2) is 61.3 Å². The molecule has 1 atom stereocenters. The molecular formula is C14H18N2O5S. The number of carboxylic acid groups (broad SMARTS) is 1. The molecule has 1 amide bonds. The first-order valence-corrected chi connectivity index (χ1v) is 8.25. The number of carbonyl (C=O) groups is 2. The lowest BCUT2D eigenvalue weighted by Gasteiger charge is -2.21. The molecule has 8 heteroatoms. The van der Waals surface area contributed by atoms with E-state index in [1.54, 1.807) is 0 Å². The molecule has 1 aromatic rings. The maximum Gasteiger partial charge on any atom is 0.326 e. The van der Waals surface area contributed by atoms with E-state index in [1.165, 1.54) is 43.3 Å². The van der Waals surface area contributed by atoms with E-state index >= 15 is 0 Å². The SMILES string of the molecule is CN(C)S(=O)(=O)c1ccc(C(=O)N2CCCC2C(=O)O)cc1. The van der Waals surface area contributed by atoms with E-state index in [4.69, 9.17) is 5.11 Å². The summed E-state index contributed by atoms with van der Waals surface area (Å²) >= 11 is 0. The van der Waals surface area contributed by atoms with Crippen molar-refractivity contribution in [1.82, 2.24) is 9.21 Å². The summed E-state index contributed by atoms with van der Waals surface area (Å²) < 4.78 is 25.0. The largest absolute Gasteiger partial charge is 0.480 e. The maximum atomic E-state index is 12.4. The highest BCUT2D eigenvalue weighted by atomic mass is 32.2. The Kier molecular flexibility index (Phi) is 4.52. The Hall–Kier alpha value is -1.93. The monoisotopic (exact) mass is 326 g/mol. The fourth-order valence-corrected chi connectivity index (χ4v) is 3.31. The third-order valence-electron chi connectivity index (χ3n) is 3.68. The molecule has 0 spiro atoms. The van der Waals surface area contributed by atoms with E-state index in [0.717, 1.165) is 4.31 Å². The Bertz CT molecular complexity index is 682. The molecule has 0 radical (unpaired) electrons. The fraction of sp³-hybridized carbons (Fsp3) is 0.429. The second-order valence-electron chi connectivity index (χ2n) is 5.31. The van der Waals surface area contributed by atoms with Crippen molar-refractivity contribution in [2.75, 3.05) is 20.6 Å². The highest BCUT2D eigenvalue weighted by Crippen LogP contribution is 2.21. The zero-order chi connectivity index (χ0) is 16.5. The normalized spacial score (nSPS) is 18.7. The molecule has 1 aliphatic rings. The molecule has 1 fully saturated rings. The van der Waals surface area contributed by atoms with Crippen molar-refractivity contribution in [3.8, 4) is 0 Å². The molecule has 1 unspecified atom stereocenters. The molecule has 2 rings (SSSR count). The van der Waals surface area contributed by atoms with Crippen LogP contribution in [0, 0.1) is 0 Å². The van der Waals surface area contributed by atoms with Gasteiger partial charge < -0.3 is 10.0 Å². The summed E-state index contributed by atoms with van der Waals surface area (Å²) in [6, 6.07) is 4.73. The third-order valence-corrected chi connectivity index (χ3v) is 5.51. The number of carbonyl (C=O) groups excluding carboxylic acids is 1. The average molecular weight is 326 g/mol. The van der Waals surface area contributed by atoms with Crippen LogP contribution in [0.1, 0.15) is 23.2 Å². The number of rotatable bonds is 4. The first-order valence-electron chi connectivity index (χ1n) is 6.81. The van der Waals surface area contributed by atoms with Gasteiger partial charge in [-0.15, -0.1) is 0 Å². The Morgan fingerprint density at radius 1 is 1.23 bits per heavy atom. The van der Waals surface area contributed by atoms with Crippen LogP contribution >= 0.6 is 0 Å². The third kappa shape index (κ3) is 2.97. The van der Waals surface area contributed by atoms with Crippen molar-refractivity contribution in [1.29, 1.82) is 0 Å². The fourth-order valence-electron chi connectivity index (χ4n) is 2.41. The minimum absolute atomic E-state index is 0.0882. The topological polar surface area (TPSA) is 95.0 Å². The van der Waals surface area contributed by atoms with Crippen LogP contribution < -0.4 is 0 Å². The van der Waals surface area contributed by atoms with Crippen molar-refractivity contribution in [2.24, 2.45) is 0 Å². The second kappa shape index (κ2) is 6.05. The highest BCUT2D eigenvalue weighted by molar-refractivity contribution is 7.89. The first-order chi connectivity index (χ1) is 10.2. The van der Waals surface area contributed by atoms with Crippen LogP contribution in [0.15, 0.2) is 29.2 Å². The van der Waals surface area contributed by atoms with Crippen LogP contribution in [0.4, 0.5) is 0 Å². The number of hydrogen-bond donors (Lipinski definition) is 1. The lowest BCUT2D eigenvalue weighted by Crippen LogP contribution is -2.40. The molecule has 1 aliphatic heterocycles. The smallest absolute Gasteiger partial charge is 0.326 e. The summed E-state index contributed by atoms with van der Waals surface area (Å²) in [5, 5.41) is 9.11. The van der Waals surface area contributed by atoms with Crippen LogP contribution in [0.25, 0.3) is 0 Å². The quantitative estimate of drug-likeness (QED) is 0.875. The van der Waals surface area contributed by atoms with Gasteiger partial charge in [0, 0.05) is 26.2 Å². The molecular weight excluding hydrogens is 308 g/mol. The number of hydrogen-bond acceptors (Lipinski definition) is 4.